The van der Waals surface area contributed by atoms with Crippen molar-refractivity contribution >= 4 is 5.78 Å². The normalized spacial score (nSPS) is 11.1. The third kappa shape index (κ3) is 2.52. The second kappa shape index (κ2) is 5.28. The van der Waals surface area contributed by atoms with Crippen molar-refractivity contribution in [3.8, 4) is 0 Å². The molecule has 0 aliphatic carbocycles. The zero-order valence-electron chi connectivity index (χ0n) is 11.0. The summed E-state index contributed by atoms with van der Waals surface area (Å²) < 4.78 is 1.79. The second-order valence-electron chi connectivity index (χ2n) is 4.48. The molecule has 0 saturated carbocycles. The van der Waals surface area contributed by atoms with Crippen LogP contribution in [0.1, 0.15) is 54.9 Å². The Balaban J connectivity index is 2.88. The number of carbonyl (C=O) groups excluding carboxylic acids is 1. The Hall–Kier alpha value is -1.12. The highest BCUT2D eigenvalue weighted by Crippen LogP contribution is 2.20. The number of ketones is 1. The van der Waals surface area contributed by atoms with E-state index in [1.165, 1.54) is 0 Å². The molecule has 1 rings (SSSR count). The topological polar surface area (TPSA) is 34.9 Å². The summed E-state index contributed by atoms with van der Waals surface area (Å²) in [7, 11) is 1.89. The highest BCUT2D eigenvalue weighted by atomic mass is 16.1. The Bertz CT molecular complexity index is 376. The van der Waals surface area contributed by atoms with Crippen LogP contribution in [0.4, 0.5) is 0 Å². The van der Waals surface area contributed by atoms with Crippen molar-refractivity contribution < 1.29 is 4.79 Å². The lowest BCUT2D eigenvalue weighted by Crippen LogP contribution is -2.09. The van der Waals surface area contributed by atoms with Gasteiger partial charge in [0.05, 0.1) is 11.3 Å². The lowest BCUT2D eigenvalue weighted by Gasteiger charge is -2.10. The van der Waals surface area contributed by atoms with E-state index in [1.54, 1.807) is 4.68 Å². The predicted molar refractivity (Wildman–Crippen MR) is 65.7 cm³/mol. The van der Waals surface area contributed by atoms with Gasteiger partial charge in [-0.05, 0) is 19.8 Å². The fraction of sp³-hybridized carbons (Fsp3) is 0.692. The molecule has 0 aliphatic heterocycles. The average molecular weight is 222 g/mol. The molecular formula is C13H22N2O. The minimum absolute atomic E-state index is 0.247. The summed E-state index contributed by atoms with van der Waals surface area (Å²) in [4.78, 5) is 12.2. The Labute approximate surface area is 97.8 Å². The smallest absolute Gasteiger partial charge is 0.166 e. The fourth-order valence-corrected chi connectivity index (χ4v) is 2.12. The summed E-state index contributed by atoms with van der Waals surface area (Å²) in [6.07, 6.45) is 2.79. The molecule has 0 unspecified atom stereocenters. The van der Waals surface area contributed by atoms with E-state index in [-0.39, 0.29) is 5.78 Å². The number of aryl methyl sites for hydroxylation is 2. The summed E-state index contributed by atoms with van der Waals surface area (Å²) in [5.74, 6) is 0.753. The number of aromatic nitrogens is 2. The summed E-state index contributed by atoms with van der Waals surface area (Å²) in [5.41, 5.74) is 2.67. The van der Waals surface area contributed by atoms with Crippen molar-refractivity contribution in [3.63, 3.8) is 0 Å². The number of hydrogen-bond donors (Lipinski definition) is 0. The van der Waals surface area contributed by atoms with Gasteiger partial charge >= 0.3 is 0 Å². The van der Waals surface area contributed by atoms with Crippen molar-refractivity contribution in [3.05, 3.63) is 17.0 Å². The molecule has 0 bridgehead atoms. The molecular weight excluding hydrogens is 200 g/mol. The standard InChI is InChI=1S/C13H22N2O/c1-6-11(7-2)8-12(16)13-9(3)14-15(5)10(13)4/h11H,6-8H2,1-5H3. The van der Waals surface area contributed by atoms with Crippen molar-refractivity contribution in [2.75, 3.05) is 0 Å². The van der Waals surface area contributed by atoms with Crippen molar-refractivity contribution in [1.29, 1.82) is 0 Å². The van der Waals surface area contributed by atoms with Crippen LogP contribution in [0.5, 0.6) is 0 Å². The predicted octanol–water partition coefficient (Wildman–Crippen LogP) is 3.05. The van der Waals surface area contributed by atoms with Crippen molar-refractivity contribution in [1.82, 2.24) is 9.78 Å². The highest BCUT2D eigenvalue weighted by Gasteiger charge is 2.19. The van der Waals surface area contributed by atoms with Gasteiger partial charge in [-0.2, -0.15) is 5.10 Å². The molecule has 1 heterocycles. The van der Waals surface area contributed by atoms with Crippen LogP contribution in [-0.2, 0) is 7.05 Å². The molecule has 0 aliphatic rings. The van der Waals surface area contributed by atoms with Crippen LogP contribution in [0.3, 0.4) is 0 Å². The van der Waals surface area contributed by atoms with Crippen LogP contribution < -0.4 is 0 Å². The van der Waals surface area contributed by atoms with Crippen LogP contribution in [-0.4, -0.2) is 15.6 Å². The Morgan fingerprint density at radius 2 is 1.88 bits per heavy atom. The zero-order chi connectivity index (χ0) is 12.3. The van der Waals surface area contributed by atoms with Gasteiger partial charge in [0.15, 0.2) is 5.78 Å². The number of carbonyl (C=O) groups is 1. The van der Waals surface area contributed by atoms with Gasteiger partial charge in [0, 0.05) is 19.2 Å². The Kier molecular flexibility index (Phi) is 4.27. The van der Waals surface area contributed by atoms with Gasteiger partial charge in [0.1, 0.15) is 0 Å². The van der Waals surface area contributed by atoms with E-state index in [2.05, 4.69) is 18.9 Å². The van der Waals surface area contributed by atoms with Crippen molar-refractivity contribution in [2.45, 2.75) is 47.0 Å². The molecule has 0 radical (unpaired) electrons. The first-order chi connectivity index (χ1) is 7.51. The van der Waals surface area contributed by atoms with E-state index < -0.39 is 0 Å². The first kappa shape index (κ1) is 12.9. The molecule has 0 aromatic carbocycles. The molecule has 3 heteroatoms. The first-order valence-corrected chi connectivity index (χ1v) is 6.04. The molecule has 0 saturated heterocycles. The zero-order valence-corrected chi connectivity index (χ0v) is 11.0. The number of rotatable bonds is 5. The molecule has 0 spiro atoms. The molecule has 16 heavy (non-hydrogen) atoms. The van der Waals surface area contributed by atoms with Gasteiger partial charge in [-0.15, -0.1) is 0 Å². The second-order valence-corrected chi connectivity index (χ2v) is 4.48. The monoisotopic (exact) mass is 222 g/mol. The molecule has 0 amide bonds. The van der Waals surface area contributed by atoms with Gasteiger partial charge in [0.2, 0.25) is 0 Å². The van der Waals surface area contributed by atoms with E-state index >= 15 is 0 Å². The highest BCUT2D eigenvalue weighted by molar-refractivity contribution is 5.98. The van der Waals surface area contributed by atoms with Crippen LogP contribution in [0.2, 0.25) is 0 Å². The third-order valence-electron chi connectivity index (χ3n) is 3.42. The van der Waals surface area contributed by atoms with E-state index in [0.717, 1.165) is 29.8 Å². The Morgan fingerprint density at radius 1 is 1.31 bits per heavy atom. The van der Waals surface area contributed by atoms with Crippen LogP contribution in [0, 0.1) is 19.8 Å². The van der Waals surface area contributed by atoms with Crippen LogP contribution in [0.25, 0.3) is 0 Å². The van der Waals surface area contributed by atoms with E-state index in [1.807, 2.05) is 20.9 Å². The molecule has 0 fully saturated rings. The minimum atomic E-state index is 0.247. The number of Topliss-reactive ketones (excluding diaryl/α,β-unsaturated/α-hetero) is 1. The molecule has 90 valence electrons. The SMILES string of the molecule is CCC(CC)CC(=O)c1c(C)nn(C)c1C. The average Bonchev–Trinajstić information content (AvgIpc) is 2.49. The van der Waals surface area contributed by atoms with E-state index in [4.69, 9.17) is 0 Å². The molecule has 3 nitrogen and oxygen atoms in total. The maximum Gasteiger partial charge on any atom is 0.166 e. The van der Waals surface area contributed by atoms with Gasteiger partial charge in [-0.3, -0.25) is 9.48 Å². The van der Waals surface area contributed by atoms with Crippen LogP contribution >= 0.6 is 0 Å². The van der Waals surface area contributed by atoms with Gasteiger partial charge in [0.25, 0.3) is 0 Å². The quantitative estimate of drug-likeness (QED) is 0.718. The van der Waals surface area contributed by atoms with Gasteiger partial charge in [-0.1, -0.05) is 26.7 Å². The lowest BCUT2D eigenvalue weighted by molar-refractivity contribution is 0.0957. The third-order valence-corrected chi connectivity index (χ3v) is 3.42. The molecule has 0 atom stereocenters. The molecule has 1 aromatic heterocycles. The van der Waals surface area contributed by atoms with Gasteiger partial charge in [-0.25, -0.2) is 0 Å². The summed E-state index contributed by atoms with van der Waals surface area (Å²) >= 11 is 0. The summed E-state index contributed by atoms with van der Waals surface area (Å²) in [5, 5.41) is 4.29. The van der Waals surface area contributed by atoms with E-state index in [9.17, 15) is 4.79 Å². The number of nitrogens with zero attached hydrogens (tertiary/aromatic N) is 2. The van der Waals surface area contributed by atoms with E-state index in [0.29, 0.717) is 12.3 Å². The maximum absolute atomic E-state index is 12.2. The lowest BCUT2D eigenvalue weighted by atomic mass is 9.93. The first-order valence-electron chi connectivity index (χ1n) is 6.04. The summed E-state index contributed by atoms with van der Waals surface area (Å²) in [6.45, 7) is 8.15. The summed E-state index contributed by atoms with van der Waals surface area (Å²) in [6, 6.07) is 0. The Morgan fingerprint density at radius 3 is 2.25 bits per heavy atom. The number of hydrogen-bond acceptors (Lipinski definition) is 2. The largest absolute Gasteiger partial charge is 0.294 e. The van der Waals surface area contributed by atoms with Gasteiger partial charge < -0.3 is 0 Å². The maximum atomic E-state index is 12.2. The van der Waals surface area contributed by atoms with Crippen LogP contribution in [0.15, 0.2) is 0 Å². The van der Waals surface area contributed by atoms with Crippen molar-refractivity contribution in [2.24, 2.45) is 13.0 Å². The minimum Gasteiger partial charge on any atom is -0.294 e. The molecule has 0 N–H and O–H groups in total. The molecule has 1 aromatic rings. The fourth-order valence-electron chi connectivity index (χ4n) is 2.12.